The first kappa shape index (κ1) is 15.6. The predicted octanol–water partition coefficient (Wildman–Crippen LogP) is 2.42. The Labute approximate surface area is 133 Å². The van der Waals surface area contributed by atoms with Gasteiger partial charge in [-0.3, -0.25) is 0 Å². The zero-order chi connectivity index (χ0) is 14.8. The molecule has 0 saturated carbocycles. The Morgan fingerprint density at radius 1 is 1.30 bits per heavy atom. The summed E-state index contributed by atoms with van der Waals surface area (Å²) in [4.78, 5) is 4.00. The molecule has 0 unspecified atom stereocenters. The molecule has 2 aromatic rings. The SMILES string of the molecule is Cc1cc(Br)c(S(=O)(=O)NCCc2ncno2)cc1Br. The number of benzene rings is 1. The fourth-order valence-corrected chi connectivity index (χ4v) is 4.22. The van der Waals surface area contributed by atoms with Crippen LogP contribution in [0.2, 0.25) is 0 Å². The maximum atomic E-state index is 12.2. The number of sulfonamides is 1. The van der Waals surface area contributed by atoms with Crippen LogP contribution in [0.1, 0.15) is 11.5 Å². The Morgan fingerprint density at radius 3 is 2.70 bits per heavy atom. The minimum atomic E-state index is -3.60. The van der Waals surface area contributed by atoms with Gasteiger partial charge in [-0.25, -0.2) is 13.1 Å². The lowest BCUT2D eigenvalue weighted by Gasteiger charge is -2.09. The van der Waals surface area contributed by atoms with E-state index >= 15 is 0 Å². The Hall–Kier alpha value is -0.770. The highest BCUT2D eigenvalue weighted by atomic mass is 79.9. The van der Waals surface area contributed by atoms with Gasteiger partial charge in [-0.15, -0.1) is 0 Å². The molecular formula is C11H11Br2N3O3S. The molecule has 108 valence electrons. The minimum Gasteiger partial charge on any atom is -0.340 e. The molecule has 0 bridgehead atoms. The van der Waals surface area contributed by atoms with Gasteiger partial charge in [-0.1, -0.05) is 21.1 Å². The highest BCUT2D eigenvalue weighted by molar-refractivity contribution is 9.11. The Morgan fingerprint density at radius 2 is 2.05 bits per heavy atom. The van der Waals surface area contributed by atoms with Crippen molar-refractivity contribution in [3.8, 4) is 0 Å². The van der Waals surface area contributed by atoms with E-state index in [0.29, 0.717) is 16.8 Å². The first-order valence-electron chi connectivity index (χ1n) is 5.61. The van der Waals surface area contributed by atoms with Crippen LogP contribution in [0.3, 0.4) is 0 Å². The summed E-state index contributed by atoms with van der Waals surface area (Å²) in [6.45, 7) is 2.07. The van der Waals surface area contributed by atoms with E-state index in [2.05, 4.69) is 46.7 Å². The lowest BCUT2D eigenvalue weighted by atomic mass is 10.2. The lowest BCUT2D eigenvalue weighted by molar-refractivity contribution is 0.377. The van der Waals surface area contributed by atoms with Crippen LogP contribution in [0.25, 0.3) is 0 Å². The molecule has 1 N–H and O–H groups in total. The Balaban J connectivity index is 2.12. The van der Waals surface area contributed by atoms with Gasteiger partial charge in [-0.2, -0.15) is 4.98 Å². The molecule has 0 aliphatic rings. The highest BCUT2D eigenvalue weighted by Crippen LogP contribution is 2.28. The third-order valence-corrected chi connectivity index (χ3v) is 5.81. The highest BCUT2D eigenvalue weighted by Gasteiger charge is 2.18. The molecular weight excluding hydrogens is 414 g/mol. The zero-order valence-electron chi connectivity index (χ0n) is 10.4. The van der Waals surface area contributed by atoms with Crippen molar-refractivity contribution < 1.29 is 12.9 Å². The van der Waals surface area contributed by atoms with E-state index in [1.807, 2.05) is 6.92 Å². The number of hydrogen-bond acceptors (Lipinski definition) is 5. The average Bonchev–Trinajstić information content (AvgIpc) is 2.86. The quantitative estimate of drug-likeness (QED) is 0.796. The van der Waals surface area contributed by atoms with Crippen molar-refractivity contribution in [1.82, 2.24) is 14.9 Å². The maximum Gasteiger partial charge on any atom is 0.241 e. The van der Waals surface area contributed by atoms with Crippen LogP contribution >= 0.6 is 31.9 Å². The van der Waals surface area contributed by atoms with Crippen LogP contribution in [0.5, 0.6) is 0 Å². The molecule has 1 aromatic carbocycles. The third kappa shape index (κ3) is 3.66. The lowest BCUT2D eigenvalue weighted by Crippen LogP contribution is -2.26. The van der Waals surface area contributed by atoms with Gasteiger partial charge in [0, 0.05) is 21.9 Å². The van der Waals surface area contributed by atoms with Gasteiger partial charge in [0.2, 0.25) is 15.9 Å². The van der Waals surface area contributed by atoms with Gasteiger partial charge in [0.15, 0.2) is 6.33 Å². The average molecular weight is 425 g/mol. The van der Waals surface area contributed by atoms with Crippen LogP contribution in [0.4, 0.5) is 0 Å². The van der Waals surface area contributed by atoms with E-state index in [1.54, 1.807) is 12.1 Å². The number of nitrogens with zero attached hydrogens (tertiary/aromatic N) is 2. The van der Waals surface area contributed by atoms with Gasteiger partial charge < -0.3 is 4.52 Å². The van der Waals surface area contributed by atoms with Crippen LogP contribution in [-0.4, -0.2) is 25.1 Å². The van der Waals surface area contributed by atoms with E-state index in [1.165, 1.54) is 6.33 Å². The number of aryl methyl sites for hydroxylation is 1. The number of hydrogen-bond donors (Lipinski definition) is 1. The Bertz CT molecular complexity index is 702. The smallest absolute Gasteiger partial charge is 0.241 e. The van der Waals surface area contributed by atoms with E-state index < -0.39 is 10.0 Å². The minimum absolute atomic E-state index is 0.181. The molecule has 20 heavy (non-hydrogen) atoms. The summed E-state index contributed by atoms with van der Waals surface area (Å²) in [6.07, 6.45) is 1.61. The fourth-order valence-electron chi connectivity index (χ4n) is 1.51. The van der Waals surface area contributed by atoms with Gasteiger partial charge in [0.05, 0.1) is 4.90 Å². The van der Waals surface area contributed by atoms with E-state index in [4.69, 9.17) is 4.52 Å². The molecule has 0 amide bonds. The number of aromatic nitrogens is 2. The first-order chi connectivity index (χ1) is 9.40. The van der Waals surface area contributed by atoms with Crippen LogP contribution < -0.4 is 4.72 Å². The standard InChI is InChI=1S/C11H11Br2N3O3S/c1-7-4-9(13)10(5-8(7)12)20(17,18)16-3-2-11-14-6-15-19-11/h4-6,16H,2-3H2,1H3. The molecule has 0 atom stereocenters. The van der Waals surface area contributed by atoms with Crippen LogP contribution in [-0.2, 0) is 16.4 Å². The summed E-state index contributed by atoms with van der Waals surface area (Å²) in [5.41, 5.74) is 0.946. The molecule has 0 saturated heterocycles. The second-order valence-electron chi connectivity index (χ2n) is 4.01. The number of nitrogens with one attached hydrogen (secondary N) is 1. The van der Waals surface area contributed by atoms with Crippen molar-refractivity contribution >= 4 is 41.9 Å². The second kappa shape index (κ2) is 6.33. The Kier molecular flexibility index (Phi) is 4.95. The fraction of sp³-hybridized carbons (Fsp3) is 0.273. The number of rotatable bonds is 5. The normalized spacial score (nSPS) is 11.8. The zero-order valence-corrected chi connectivity index (χ0v) is 14.4. The van der Waals surface area contributed by atoms with Gasteiger partial charge >= 0.3 is 0 Å². The van der Waals surface area contributed by atoms with Gasteiger partial charge in [-0.05, 0) is 40.5 Å². The summed E-state index contributed by atoms with van der Waals surface area (Å²) >= 11 is 6.59. The van der Waals surface area contributed by atoms with Gasteiger partial charge in [0.25, 0.3) is 0 Å². The first-order valence-corrected chi connectivity index (χ1v) is 8.68. The summed E-state index contributed by atoms with van der Waals surface area (Å²) in [7, 11) is -3.60. The van der Waals surface area contributed by atoms with Crippen molar-refractivity contribution in [3.05, 3.63) is 38.9 Å². The molecule has 0 aliphatic carbocycles. The van der Waals surface area contributed by atoms with Crippen LogP contribution in [0, 0.1) is 6.92 Å². The maximum absolute atomic E-state index is 12.2. The summed E-state index contributed by atoms with van der Waals surface area (Å²) in [6, 6.07) is 3.31. The molecule has 2 rings (SSSR count). The topological polar surface area (TPSA) is 85.1 Å². The van der Waals surface area contributed by atoms with Crippen molar-refractivity contribution in [1.29, 1.82) is 0 Å². The second-order valence-corrected chi connectivity index (χ2v) is 7.46. The van der Waals surface area contributed by atoms with Gasteiger partial charge in [0.1, 0.15) is 0 Å². The largest absolute Gasteiger partial charge is 0.340 e. The van der Waals surface area contributed by atoms with Crippen LogP contribution in [0.15, 0.2) is 36.8 Å². The van der Waals surface area contributed by atoms with E-state index in [9.17, 15) is 8.42 Å². The summed E-state index contributed by atoms with van der Waals surface area (Å²) in [5.74, 6) is 0.386. The molecule has 1 aromatic heterocycles. The summed E-state index contributed by atoms with van der Waals surface area (Å²) < 4.78 is 33.0. The molecule has 0 radical (unpaired) electrons. The predicted molar refractivity (Wildman–Crippen MR) is 79.8 cm³/mol. The molecule has 1 heterocycles. The number of halogens is 2. The van der Waals surface area contributed by atoms with E-state index in [0.717, 1.165) is 10.0 Å². The molecule has 0 aliphatic heterocycles. The van der Waals surface area contributed by atoms with Crippen molar-refractivity contribution in [2.24, 2.45) is 0 Å². The van der Waals surface area contributed by atoms with Crippen molar-refractivity contribution in [3.63, 3.8) is 0 Å². The van der Waals surface area contributed by atoms with Crippen molar-refractivity contribution in [2.45, 2.75) is 18.2 Å². The molecule has 6 nitrogen and oxygen atoms in total. The molecule has 0 fully saturated rings. The summed E-state index contributed by atoms with van der Waals surface area (Å²) in [5, 5.41) is 3.45. The molecule has 9 heteroatoms. The monoisotopic (exact) mass is 423 g/mol. The third-order valence-electron chi connectivity index (χ3n) is 2.54. The molecule has 0 spiro atoms. The van der Waals surface area contributed by atoms with E-state index in [-0.39, 0.29) is 11.4 Å². The van der Waals surface area contributed by atoms with Crippen molar-refractivity contribution in [2.75, 3.05) is 6.54 Å².